The van der Waals surface area contributed by atoms with Crippen LogP contribution in [0, 0.1) is 5.41 Å². The minimum atomic E-state index is -0.363. The van der Waals surface area contributed by atoms with Crippen LogP contribution < -0.4 is 0 Å². The van der Waals surface area contributed by atoms with Crippen LogP contribution in [0.2, 0.25) is 0 Å². The Balaban J connectivity index is 4.69. The van der Waals surface area contributed by atoms with Crippen molar-refractivity contribution in [2.45, 2.75) is 33.8 Å². The maximum absolute atomic E-state index is 11.7. The van der Waals surface area contributed by atoms with Gasteiger partial charge in [-0.2, -0.15) is 0 Å². The first-order valence-electron chi connectivity index (χ1n) is 4.48. The summed E-state index contributed by atoms with van der Waals surface area (Å²) in [5.74, 6) is 0.681. The summed E-state index contributed by atoms with van der Waals surface area (Å²) in [6, 6.07) is 0. The topological polar surface area (TPSA) is 35.5 Å². The third-order valence-electron chi connectivity index (χ3n) is 1.90. The van der Waals surface area contributed by atoms with E-state index in [4.69, 9.17) is 7.59 Å². The molecule has 2 radical (unpaired) electrons. The van der Waals surface area contributed by atoms with E-state index >= 15 is 0 Å². The van der Waals surface area contributed by atoms with Crippen LogP contribution in [0.4, 0.5) is 0 Å². The fourth-order valence-electron chi connectivity index (χ4n) is 0.709. The van der Waals surface area contributed by atoms with Gasteiger partial charge in [-0.3, -0.25) is 0 Å². The Morgan fingerprint density at radius 1 is 1.43 bits per heavy atom. The molecule has 0 spiro atoms. The van der Waals surface area contributed by atoms with Gasteiger partial charge in [-0.1, -0.05) is 0 Å². The predicted molar refractivity (Wildman–Crippen MR) is 55.9 cm³/mol. The number of ketones is 1. The van der Waals surface area contributed by atoms with Crippen LogP contribution >= 0.6 is 0 Å². The van der Waals surface area contributed by atoms with Gasteiger partial charge in [0.2, 0.25) is 0 Å². The van der Waals surface area contributed by atoms with E-state index in [9.17, 15) is 4.79 Å². The summed E-state index contributed by atoms with van der Waals surface area (Å²) in [4.78, 5) is 11.7. The molecule has 0 saturated heterocycles. The molecule has 0 aliphatic carbocycles. The number of methoxy groups -OCH3 is 1. The van der Waals surface area contributed by atoms with Crippen LogP contribution in [0.25, 0.3) is 0 Å². The summed E-state index contributed by atoms with van der Waals surface area (Å²) in [5.41, 5.74) is -0.363. The Labute approximate surface area is 101 Å². The molecule has 0 saturated carbocycles. The fraction of sp³-hybridized carbons (Fsp3) is 0.700. The SMILES string of the molecule is COC(C)/C(=C/C(=O)C(C)(C)C)[O][In]. The standard InChI is InChI=1S/C10H18O3.In/c1-7(13-5)8(11)6-9(12)10(2,3)4;/h6-7,11H,1-5H3;/q;+1/p-1/b8-6-;. The second-order valence-electron chi connectivity index (χ2n) is 4.16. The van der Waals surface area contributed by atoms with Gasteiger partial charge in [0.05, 0.1) is 0 Å². The summed E-state index contributed by atoms with van der Waals surface area (Å²) >= 11 is 0.629. The average Bonchev–Trinajstić information content (AvgIpc) is 2.10. The van der Waals surface area contributed by atoms with Crippen molar-refractivity contribution in [3.8, 4) is 0 Å². The Kier molecular flexibility index (Phi) is 5.83. The van der Waals surface area contributed by atoms with E-state index in [0.717, 1.165) is 0 Å². The molecule has 0 aliphatic heterocycles. The number of ether oxygens (including phenoxy) is 1. The summed E-state index contributed by atoms with van der Waals surface area (Å²) < 4.78 is 10.3. The van der Waals surface area contributed by atoms with Gasteiger partial charge in [0, 0.05) is 0 Å². The summed E-state index contributed by atoms with van der Waals surface area (Å²) in [7, 11) is 1.60. The quantitative estimate of drug-likeness (QED) is 0.584. The van der Waals surface area contributed by atoms with Gasteiger partial charge in [-0.15, -0.1) is 0 Å². The number of hydrogen-bond acceptors (Lipinski definition) is 3. The van der Waals surface area contributed by atoms with E-state index < -0.39 is 0 Å². The van der Waals surface area contributed by atoms with Gasteiger partial charge < -0.3 is 0 Å². The van der Waals surface area contributed by atoms with Crippen LogP contribution in [-0.4, -0.2) is 43.8 Å². The fourth-order valence-corrected chi connectivity index (χ4v) is 1.45. The Hall–Kier alpha value is 0.0401. The molecule has 0 amide bonds. The molecule has 0 fully saturated rings. The van der Waals surface area contributed by atoms with Crippen LogP contribution in [0.1, 0.15) is 27.7 Å². The zero-order valence-corrected chi connectivity index (χ0v) is 12.8. The van der Waals surface area contributed by atoms with Crippen molar-refractivity contribution in [1.82, 2.24) is 0 Å². The van der Waals surface area contributed by atoms with Crippen molar-refractivity contribution in [2.75, 3.05) is 7.11 Å². The molecule has 0 aromatic carbocycles. The second kappa shape index (κ2) is 5.81. The number of carbonyl (C=O) groups excluding carboxylic acids is 1. The van der Waals surface area contributed by atoms with E-state index in [-0.39, 0.29) is 17.3 Å². The van der Waals surface area contributed by atoms with E-state index in [1.807, 2.05) is 27.7 Å². The van der Waals surface area contributed by atoms with E-state index in [1.54, 1.807) is 13.2 Å². The van der Waals surface area contributed by atoms with Gasteiger partial charge in [0.1, 0.15) is 0 Å². The predicted octanol–water partition coefficient (Wildman–Crippen LogP) is 1.62. The van der Waals surface area contributed by atoms with Gasteiger partial charge in [0.15, 0.2) is 0 Å². The van der Waals surface area contributed by atoms with Crippen molar-refractivity contribution < 1.29 is 12.4 Å². The molecule has 0 heterocycles. The zero-order valence-electron chi connectivity index (χ0n) is 9.46. The molecular weight excluding hydrogens is 283 g/mol. The van der Waals surface area contributed by atoms with Gasteiger partial charge in [-0.05, 0) is 0 Å². The summed E-state index contributed by atoms with van der Waals surface area (Å²) in [6.07, 6.45) is 1.38. The third-order valence-corrected chi connectivity index (χ3v) is 2.68. The second-order valence-corrected chi connectivity index (χ2v) is 4.83. The molecule has 0 aliphatic rings. The van der Waals surface area contributed by atoms with Crippen molar-refractivity contribution in [3.63, 3.8) is 0 Å². The molecule has 1 atom stereocenters. The van der Waals surface area contributed by atoms with Crippen LogP contribution in [0.15, 0.2) is 11.8 Å². The van der Waals surface area contributed by atoms with Crippen molar-refractivity contribution in [2.24, 2.45) is 5.41 Å². The summed E-state index contributed by atoms with van der Waals surface area (Å²) in [5, 5.41) is 0. The number of allylic oxidation sites excluding steroid dienone is 1. The van der Waals surface area contributed by atoms with Crippen LogP contribution in [-0.2, 0) is 12.4 Å². The Morgan fingerprint density at radius 2 is 1.93 bits per heavy atom. The van der Waals surface area contributed by atoms with Crippen molar-refractivity contribution in [1.29, 1.82) is 0 Å². The first-order chi connectivity index (χ1) is 6.32. The molecule has 4 heteroatoms. The molecule has 14 heavy (non-hydrogen) atoms. The Morgan fingerprint density at radius 3 is 2.21 bits per heavy atom. The van der Waals surface area contributed by atoms with Crippen molar-refractivity contribution in [3.05, 3.63) is 11.8 Å². The van der Waals surface area contributed by atoms with Crippen LogP contribution in [0.5, 0.6) is 0 Å². The van der Waals surface area contributed by atoms with E-state index in [0.29, 0.717) is 30.6 Å². The molecule has 78 valence electrons. The molecule has 1 unspecified atom stereocenters. The van der Waals surface area contributed by atoms with Gasteiger partial charge in [-0.25, -0.2) is 0 Å². The normalized spacial score (nSPS) is 15.1. The first kappa shape index (κ1) is 14.0. The molecular formula is C10H17InO3. The molecule has 0 bridgehead atoms. The Bertz CT molecular complexity index is 228. The monoisotopic (exact) mass is 300 g/mol. The first-order valence-corrected chi connectivity index (χ1v) is 5.83. The molecule has 3 nitrogen and oxygen atoms in total. The average molecular weight is 300 g/mol. The van der Waals surface area contributed by atoms with Gasteiger partial charge in [0.25, 0.3) is 0 Å². The third kappa shape index (κ3) is 4.51. The maximum atomic E-state index is 11.7. The van der Waals surface area contributed by atoms with E-state index in [1.165, 1.54) is 0 Å². The minimum absolute atomic E-state index is 0.0608. The molecule has 0 aromatic rings. The molecule has 0 N–H and O–H groups in total. The molecule has 0 rings (SSSR count). The number of carbonyl (C=O) groups is 1. The van der Waals surface area contributed by atoms with Gasteiger partial charge >= 0.3 is 101 Å². The van der Waals surface area contributed by atoms with E-state index in [2.05, 4.69) is 0 Å². The van der Waals surface area contributed by atoms with Crippen LogP contribution in [0.3, 0.4) is 0 Å². The number of hydrogen-bond donors (Lipinski definition) is 0. The van der Waals surface area contributed by atoms with Crippen molar-refractivity contribution >= 4 is 30.6 Å². The number of rotatable bonds is 4. The zero-order chi connectivity index (χ0) is 11.4. The molecule has 0 aromatic heterocycles. The summed E-state index contributed by atoms with van der Waals surface area (Å²) in [6.45, 7) is 7.51.